The van der Waals surface area contributed by atoms with E-state index in [1.54, 1.807) is 18.2 Å². The van der Waals surface area contributed by atoms with Crippen LogP contribution in [0.5, 0.6) is 0 Å². The van der Waals surface area contributed by atoms with Crippen LogP contribution in [0, 0.1) is 6.92 Å². The summed E-state index contributed by atoms with van der Waals surface area (Å²) in [4.78, 5) is 12.2. The predicted molar refractivity (Wildman–Crippen MR) is 79.8 cm³/mol. The number of benzene rings is 2. The van der Waals surface area contributed by atoms with Gasteiger partial charge in [-0.1, -0.05) is 24.3 Å². The van der Waals surface area contributed by atoms with Crippen LogP contribution in [0.15, 0.2) is 52.9 Å². The monoisotopic (exact) mass is 266 g/mol. The Morgan fingerprint density at radius 1 is 1.15 bits per heavy atom. The molecule has 0 atom stereocenters. The fraction of sp³-hybridized carbons (Fsp3) is 0.0625. The van der Waals surface area contributed by atoms with Crippen molar-refractivity contribution >= 4 is 28.3 Å². The molecule has 3 N–H and O–H groups in total. The first kappa shape index (κ1) is 12.3. The Kier molecular flexibility index (Phi) is 2.91. The zero-order valence-electron chi connectivity index (χ0n) is 11.0. The SMILES string of the molecule is Cc1c(N)cccc1NC(=O)c1cc2ccccc2o1. The number of hydrogen-bond donors (Lipinski definition) is 2. The molecule has 4 nitrogen and oxygen atoms in total. The predicted octanol–water partition coefficient (Wildman–Crippen LogP) is 3.58. The number of nitrogen functional groups attached to an aromatic ring is 1. The number of hydrogen-bond acceptors (Lipinski definition) is 3. The lowest BCUT2D eigenvalue weighted by molar-refractivity contribution is 0.0998. The lowest BCUT2D eigenvalue weighted by Crippen LogP contribution is -2.12. The fourth-order valence-electron chi connectivity index (χ4n) is 2.07. The number of furan rings is 1. The third kappa shape index (κ3) is 2.12. The van der Waals surface area contributed by atoms with Gasteiger partial charge in [0.2, 0.25) is 0 Å². The zero-order chi connectivity index (χ0) is 14.1. The molecule has 0 radical (unpaired) electrons. The first-order valence-electron chi connectivity index (χ1n) is 6.30. The van der Waals surface area contributed by atoms with E-state index >= 15 is 0 Å². The van der Waals surface area contributed by atoms with Crippen LogP contribution >= 0.6 is 0 Å². The summed E-state index contributed by atoms with van der Waals surface area (Å²) in [6, 6.07) is 14.7. The quantitative estimate of drug-likeness (QED) is 0.697. The van der Waals surface area contributed by atoms with E-state index < -0.39 is 0 Å². The van der Waals surface area contributed by atoms with Gasteiger partial charge in [-0.05, 0) is 36.8 Å². The summed E-state index contributed by atoms with van der Waals surface area (Å²) in [5.74, 6) is 0.00271. The highest BCUT2D eigenvalue weighted by Gasteiger charge is 2.13. The van der Waals surface area contributed by atoms with Gasteiger partial charge >= 0.3 is 0 Å². The van der Waals surface area contributed by atoms with Crippen LogP contribution in [0.2, 0.25) is 0 Å². The van der Waals surface area contributed by atoms with Gasteiger partial charge in [-0.2, -0.15) is 0 Å². The summed E-state index contributed by atoms with van der Waals surface area (Å²) in [5, 5.41) is 3.72. The number of nitrogens with two attached hydrogens (primary N) is 1. The van der Waals surface area contributed by atoms with E-state index in [2.05, 4.69) is 5.32 Å². The minimum Gasteiger partial charge on any atom is -0.451 e. The molecule has 0 saturated heterocycles. The van der Waals surface area contributed by atoms with E-state index in [4.69, 9.17) is 10.2 Å². The summed E-state index contributed by atoms with van der Waals surface area (Å²) in [5.41, 5.74) is 8.70. The average molecular weight is 266 g/mol. The van der Waals surface area contributed by atoms with Gasteiger partial charge in [-0.15, -0.1) is 0 Å². The number of amides is 1. The topological polar surface area (TPSA) is 68.3 Å². The van der Waals surface area contributed by atoms with Gasteiger partial charge in [0.25, 0.3) is 5.91 Å². The molecule has 0 unspecified atom stereocenters. The van der Waals surface area contributed by atoms with Crippen molar-refractivity contribution in [3.05, 3.63) is 59.9 Å². The van der Waals surface area contributed by atoms with Crippen molar-refractivity contribution < 1.29 is 9.21 Å². The molecule has 0 spiro atoms. The smallest absolute Gasteiger partial charge is 0.291 e. The molecule has 0 bridgehead atoms. The third-order valence-electron chi connectivity index (χ3n) is 3.27. The Hall–Kier alpha value is -2.75. The molecule has 2 aromatic carbocycles. The number of nitrogens with one attached hydrogen (secondary N) is 1. The molecule has 0 aliphatic carbocycles. The van der Waals surface area contributed by atoms with Gasteiger partial charge in [-0.25, -0.2) is 0 Å². The number of carbonyl (C=O) groups is 1. The lowest BCUT2D eigenvalue weighted by atomic mass is 10.1. The van der Waals surface area contributed by atoms with Crippen LogP contribution in [0.4, 0.5) is 11.4 Å². The van der Waals surface area contributed by atoms with Crippen LogP contribution in [-0.2, 0) is 0 Å². The van der Waals surface area contributed by atoms with E-state index in [0.717, 1.165) is 10.9 Å². The van der Waals surface area contributed by atoms with Crippen LogP contribution < -0.4 is 11.1 Å². The van der Waals surface area contributed by atoms with E-state index in [1.807, 2.05) is 37.3 Å². The number of carbonyl (C=O) groups excluding carboxylic acids is 1. The molecule has 0 fully saturated rings. The summed E-state index contributed by atoms with van der Waals surface area (Å²) < 4.78 is 5.53. The first-order valence-corrected chi connectivity index (χ1v) is 6.30. The van der Waals surface area contributed by atoms with Crippen molar-refractivity contribution in [2.75, 3.05) is 11.1 Å². The van der Waals surface area contributed by atoms with Crippen molar-refractivity contribution in [1.82, 2.24) is 0 Å². The molecule has 20 heavy (non-hydrogen) atoms. The fourth-order valence-corrected chi connectivity index (χ4v) is 2.07. The summed E-state index contributed by atoms with van der Waals surface area (Å²) in [6.45, 7) is 1.86. The lowest BCUT2D eigenvalue weighted by Gasteiger charge is -2.08. The summed E-state index contributed by atoms with van der Waals surface area (Å²) in [7, 11) is 0. The van der Waals surface area contributed by atoms with E-state index in [0.29, 0.717) is 17.0 Å². The van der Waals surface area contributed by atoms with Crippen molar-refractivity contribution in [1.29, 1.82) is 0 Å². The number of anilines is 2. The normalized spacial score (nSPS) is 10.7. The van der Waals surface area contributed by atoms with Gasteiger partial charge in [0.15, 0.2) is 5.76 Å². The van der Waals surface area contributed by atoms with Crippen molar-refractivity contribution in [3.63, 3.8) is 0 Å². The molecule has 3 rings (SSSR count). The highest BCUT2D eigenvalue weighted by Crippen LogP contribution is 2.23. The van der Waals surface area contributed by atoms with Gasteiger partial charge in [0.05, 0.1) is 0 Å². The van der Waals surface area contributed by atoms with Crippen molar-refractivity contribution in [2.24, 2.45) is 0 Å². The number of para-hydroxylation sites is 1. The van der Waals surface area contributed by atoms with E-state index in [1.165, 1.54) is 0 Å². The summed E-state index contributed by atoms with van der Waals surface area (Å²) in [6.07, 6.45) is 0. The zero-order valence-corrected chi connectivity index (χ0v) is 11.0. The second-order valence-electron chi connectivity index (χ2n) is 4.62. The highest BCUT2D eigenvalue weighted by molar-refractivity contribution is 6.05. The minimum absolute atomic E-state index is 0.282. The van der Waals surface area contributed by atoms with Crippen LogP contribution in [0.1, 0.15) is 16.1 Å². The number of fused-ring (bicyclic) bond motifs is 1. The van der Waals surface area contributed by atoms with Crippen LogP contribution in [0.3, 0.4) is 0 Å². The Bertz CT molecular complexity index is 757. The maximum absolute atomic E-state index is 12.2. The molecule has 1 amide bonds. The molecular formula is C16H14N2O2. The maximum Gasteiger partial charge on any atom is 0.291 e. The molecule has 0 aliphatic heterocycles. The second kappa shape index (κ2) is 4.74. The molecule has 1 aromatic heterocycles. The molecule has 0 saturated carbocycles. The van der Waals surface area contributed by atoms with Crippen molar-refractivity contribution in [2.45, 2.75) is 6.92 Å². The standard InChI is InChI=1S/C16H14N2O2/c1-10-12(17)6-4-7-13(10)18-16(19)15-9-11-5-2-3-8-14(11)20-15/h2-9H,17H2,1H3,(H,18,19). The van der Waals surface area contributed by atoms with E-state index in [9.17, 15) is 4.79 Å². The molecular weight excluding hydrogens is 252 g/mol. The third-order valence-corrected chi connectivity index (χ3v) is 3.27. The highest BCUT2D eigenvalue weighted by atomic mass is 16.3. The second-order valence-corrected chi connectivity index (χ2v) is 4.62. The van der Waals surface area contributed by atoms with Crippen LogP contribution in [-0.4, -0.2) is 5.91 Å². The van der Waals surface area contributed by atoms with E-state index in [-0.39, 0.29) is 11.7 Å². The maximum atomic E-state index is 12.2. The molecule has 0 aliphatic rings. The van der Waals surface area contributed by atoms with Gasteiger partial charge < -0.3 is 15.5 Å². The largest absolute Gasteiger partial charge is 0.451 e. The van der Waals surface area contributed by atoms with Crippen molar-refractivity contribution in [3.8, 4) is 0 Å². The summed E-state index contributed by atoms with van der Waals surface area (Å²) >= 11 is 0. The molecule has 100 valence electrons. The molecule has 4 heteroatoms. The molecule has 1 heterocycles. The van der Waals surface area contributed by atoms with Gasteiger partial charge in [0.1, 0.15) is 5.58 Å². The molecule has 3 aromatic rings. The minimum atomic E-state index is -0.282. The van der Waals surface area contributed by atoms with Crippen LogP contribution in [0.25, 0.3) is 11.0 Å². The number of rotatable bonds is 2. The van der Waals surface area contributed by atoms with Gasteiger partial charge in [-0.3, -0.25) is 4.79 Å². The Morgan fingerprint density at radius 2 is 1.95 bits per heavy atom. The Labute approximate surface area is 116 Å². The first-order chi connectivity index (χ1) is 9.65. The average Bonchev–Trinajstić information content (AvgIpc) is 2.88. The van der Waals surface area contributed by atoms with Gasteiger partial charge in [0, 0.05) is 16.8 Å². The Balaban J connectivity index is 1.91. The Morgan fingerprint density at radius 3 is 2.75 bits per heavy atom.